The van der Waals surface area contributed by atoms with Crippen LogP contribution in [0.15, 0.2) is 21.0 Å². The number of nitrogens with two attached hydrogens (primary N) is 1. The Morgan fingerprint density at radius 3 is 2.39 bits per heavy atom. The molecule has 5 nitrogen and oxygen atoms in total. The van der Waals surface area contributed by atoms with Crippen LogP contribution >= 0.6 is 15.9 Å². The van der Waals surface area contributed by atoms with Crippen LogP contribution in [0.5, 0.6) is 0 Å². The van der Waals surface area contributed by atoms with Crippen LogP contribution in [0.2, 0.25) is 0 Å². The summed E-state index contributed by atoms with van der Waals surface area (Å²) in [5.41, 5.74) is 8.84. The quantitative estimate of drug-likeness (QED) is 0.910. The number of aryl methyl sites for hydroxylation is 2. The van der Waals surface area contributed by atoms with Gasteiger partial charge in [0.05, 0.1) is 6.04 Å². The fourth-order valence-corrected chi connectivity index (χ4v) is 2.37. The first-order valence-corrected chi connectivity index (χ1v) is 6.39. The van der Waals surface area contributed by atoms with Gasteiger partial charge in [0.2, 0.25) is 5.89 Å². The lowest BCUT2D eigenvalue weighted by Crippen LogP contribution is -2.04. The zero-order valence-electron chi connectivity index (χ0n) is 10.5. The van der Waals surface area contributed by atoms with E-state index in [1.54, 1.807) is 6.92 Å². The predicted molar refractivity (Wildman–Crippen MR) is 73.8 cm³/mol. The van der Waals surface area contributed by atoms with Gasteiger partial charge < -0.3 is 15.5 Å². The highest BCUT2D eigenvalue weighted by Crippen LogP contribution is 2.27. The van der Waals surface area contributed by atoms with E-state index in [1.165, 1.54) is 0 Å². The van der Waals surface area contributed by atoms with Gasteiger partial charge in [-0.05, 0) is 44.0 Å². The molecule has 0 saturated heterocycles. The Bertz CT molecular complexity index is 542. The molecule has 96 valence electrons. The van der Waals surface area contributed by atoms with Crippen LogP contribution in [0.3, 0.4) is 0 Å². The maximum Gasteiger partial charge on any atom is 0.320 e. The van der Waals surface area contributed by atoms with Gasteiger partial charge in [-0.15, -0.1) is 5.10 Å². The Kier molecular flexibility index (Phi) is 3.68. The Labute approximate surface area is 114 Å². The topological polar surface area (TPSA) is 77.0 Å². The van der Waals surface area contributed by atoms with E-state index >= 15 is 0 Å². The lowest BCUT2D eigenvalue weighted by Gasteiger charge is -2.10. The maximum atomic E-state index is 5.67. The Morgan fingerprint density at radius 2 is 1.89 bits per heavy atom. The second-order valence-electron chi connectivity index (χ2n) is 4.27. The predicted octanol–water partition coefficient (Wildman–Crippen LogP) is 3.21. The second kappa shape index (κ2) is 5.07. The lowest BCUT2D eigenvalue weighted by molar-refractivity contribution is 0.475. The van der Waals surface area contributed by atoms with Gasteiger partial charge >= 0.3 is 6.01 Å². The molecule has 6 heteroatoms. The molecule has 2 rings (SSSR count). The Morgan fingerprint density at radius 1 is 1.28 bits per heavy atom. The number of rotatable bonds is 3. The van der Waals surface area contributed by atoms with Crippen LogP contribution < -0.4 is 11.1 Å². The first kappa shape index (κ1) is 13.0. The third-order valence-corrected chi connectivity index (χ3v) is 3.02. The number of hydrogen-bond acceptors (Lipinski definition) is 5. The molecule has 0 amide bonds. The number of halogens is 1. The lowest BCUT2D eigenvalue weighted by atomic mass is 10.1. The number of aromatic nitrogens is 2. The summed E-state index contributed by atoms with van der Waals surface area (Å²) in [5.74, 6) is 0.421. The minimum absolute atomic E-state index is 0.264. The van der Waals surface area contributed by atoms with Gasteiger partial charge in [-0.1, -0.05) is 21.0 Å². The third-order valence-electron chi connectivity index (χ3n) is 2.56. The zero-order chi connectivity index (χ0) is 13.3. The summed E-state index contributed by atoms with van der Waals surface area (Å²) >= 11 is 3.46. The molecule has 18 heavy (non-hydrogen) atoms. The zero-order valence-corrected chi connectivity index (χ0v) is 12.1. The summed E-state index contributed by atoms with van der Waals surface area (Å²) in [6, 6.07) is 4.15. The van der Waals surface area contributed by atoms with Crippen LogP contribution in [0.25, 0.3) is 0 Å². The van der Waals surface area contributed by atoms with Crippen molar-refractivity contribution in [3.8, 4) is 0 Å². The van der Waals surface area contributed by atoms with E-state index < -0.39 is 0 Å². The summed E-state index contributed by atoms with van der Waals surface area (Å²) in [6.45, 7) is 5.83. The van der Waals surface area contributed by atoms with Crippen molar-refractivity contribution >= 4 is 27.6 Å². The van der Waals surface area contributed by atoms with Gasteiger partial charge in [0, 0.05) is 10.2 Å². The van der Waals surface area contributed by atoms with E-state index in [4.69, 9.17) is 10.2 Å². The molecule has 2 aromatic rings. The summed E-state index contributed by atoms with van der Waals surface area (Å²) in [7, 11) is 0. The number of nitrogens with one attached hydrogen (secondary N) is 1. The van der Waals surface area contributed by atoms with Crippen molar-refractivity contribution in [1.82, 2.24) is 10.2 Å². The van der Waals surface area contributed by atoms with Gasteiger partial charge in [0.15, 0.2) is 0 Å². The molecule has 0 aliphatic carbocycles. The Balaban J connectivity index is 2.28. The largest absolute Gasteiger partial charge is 0.406 e. The van der Waals surface area contributed by atoms with E-state index in [9.17, 15) is 0 Å². The van der Waals surface area contributed by atoms with Gasteiger partial charge in [0.25, 0.3) is 0 Å². The van der Waals surface area contributed by atoms with Gasteiger partial charge in [0.1, 0.15) is 0 Å². The normalized spacial score (nSPS) is 12.5. The molecule has 0 fully saturated rings. The number of nitrogens with zero attached hydrogens (tertiary/aromatic N) is 2. The highest BCUT2D eigenvalue weighted by molar-refractivity contribution is 9.10. The van der Waals surface area contributed by atoms with Gasteiger partial charge in [-0.3, -0.25) is 0 Å². The Hall–Kier alpha value is -1.40. The summed E-state index contributed by atoms with van der Waals surface area (Å²) in [5, 5.41) is 10.9. The van der Waals surface area contributed by atoms with Gasteiger partial charge in [-0.25, -0.2) is 0 Å². The van der Waals surface area contributed by atoms with Gasteiger partial charge in [-0.2, -0.15) is 0 Å². The van der Waals surface area contributed by atoms with Crippen LogP contribution in [-0.2, 0) is 0 Å². The van der Waals surface area contributed by atoms with E-state index in [1.807, 2.05) is 26.0 Å². The molecule has 0 aliphatic rings. The SMILES string of the molecule is Cc1cc(Br)cc(C)c1Nc1nnc(C(C)N)o1. The molecule has 1 aromatic heterocycles. The molecule has 3 N–H and O–H groups in total. The molecule has 1 atom stereocenters. The fraction of sp³-hybridized carbons (Fsp3) is 0.333. The summed E-state index contributed by atoms with van der Waals surface area (Å²) in [6.07, 6.45) is 0. The number of hydrogen-bond donors (Lipinski definition) is 2. The third kappa shape index (κ3) is 2.70. The molecule has 1 heterocycles. The fourth-order valence-electron chi connectivity index (χ4n) is 1.68. The highest BCUT2D eigenvalue weighted by atomic mass is 79.9. The van der Waals surface area contributed by atoms with Crippen molar-refractivity contribution in [2.24, 2.45) is 5.73 Å². The van der Waals surface area contributed by atoms with Crippen molar-refractivity contribution in [1.29, 1.82) is 0 Å². The first-order chi connectivity index (χ1) is 8.47. The molecule has 1 unspecified atom stereocenters. The molecule has 1 aromatic carbocycles. The molecule has 0 spiro atoms. The van der Waals surface area contributed by atoms with Crippen LogP contribution in [0, 0.1) is 13.8 Å². The van der Waals surface area contributed by atoms with E-state index in [0.29, 0.717) is 11.9 Å². The summed E-state index contributed by atoms with van der Waals surface area (Å²) in [4.78, 5) is 0. The van der Waals surface area contributed by atoms with Crippen molar-refractivity contribution in [2.75, 3.05) is 5.32 Å². The average molecular weight is 311 g/mol. The smallest absolute Gasteiger partial charge is 0.320 e. The second-order valence-corrected chi connectivity index (χ2v) is 5.19. The van der Waals surface area contributed by atoms with Crippen molar-refractivity contribution in [2.45, 2.75) is 26.8 Å². The van der Waals surface area contributed by atoms with Crippen LogP contribution in [0.1, 0.15) is 30.0 Å². The van der Waals surface area contributed by atoms with Crippen LogP contribution in [0.4, 0.5) is 11.7 Å². The van der Waals surface area contributed by atoms with E-state index in [-0.39, 0.29) is 6.04 Å². The molecular weight excluding hydrogens is 296 g/mol. The number of benzene rings is 1. The average Bonchev–Trinajstić information content (AvgIpc) is 2.71. The maximum absolute atomic E-state index is 5.67. The van der Waals surface area contributed by atoms with E-state index in [0.717, 1.165) is 21.3 Å². The number of anilines is 2. The molecular formula is C12H15BrN4O. The first-order valence-electron chi connectivity index (χ1n) is 5.60. The van der Waals surface area contributed by atoms with Crippen molar-refractivity contribution in [3.63, 3.8) is 0 Å². The minimum Gasteiger partial charge on any atom is -0.406 e. The monoisotopic (exact) mass is 310 g/mol. The minimum atomic E-state index is -0.264. The van der Waals surface area contributed by atoms with Crippen molar-refractivity contribution < 1.29 is 4.42 Å². The molecule has 0 radical (unpaired) electrons. The van der Waals surface area contributed by atoms with E-state index in [2.05, 4.69) is 31.4 Å². The molecule has 0 bridgehead atoms. The standard InChI is InChI=1S/C12H15BrN4O/c1-6-4-9(13)5-7(2)10(6)15-12-17-16-11(18-12)8(3)14/h4-5,8H,14H2,1-3H3,(H,15,17). The molecule has 0 saturated carbocycles. The molecule has 0 aliphatic heterocycles. The van der Waals surface area contributed by atoms with Crippen LogP contribution in [-0.4, -0.2) is 10.2 Å². The highest BCUT2D eigenvalue weighted by Gasteiger charge is 2.12. The summed E-state index contributed by atoms with van der Waals surface area (Å²) < 4.78 is 6.47. The van der Waals surface area contributed by atoms with Crippen molar-refractivity contribution in [3.05, 3.63) is 33.6 Å².